The van der Waals surface area contributed by atoms with E-state index < -0.39 is 0 Å². The maximum atomic E-state index is 6.37. The van der Waals surface area contributed by atoms with Crippen molar-refractivity contribution in [2.75, 3.05) is 4.90 Å². The van der Waals surface area contributed by atoms with Crippen LogP contribution in [0, 0.1) is 0 Å². The van der Waals surface area contributed by atoms with Crippen LogP contribution in [0.2, 0.25) is 0 Å². The average Bonchev–Trinajstić information content (AvgIpc) is 3.54. The third kappa shape index (κ3) is 4.71. The Kier molecular flexibility index (Phi) is 6.49. The van der Waals surface area contributed by atoms with E-state index >= 15 is 0 Å². The highest BCUT2D eigenvalue weighted by molar-refractivity contribution is 6.11. The second kappa shape index (κ2) is 11.5. The van der Waals surface area contributed by atoms with Gasteiger partial charge in [0.1, 0.15) is 11.2 Å². The quantitative estimate of drug-likeness (QED) is 0.188. The van der Waals surface area contributed by atoms with Gasteiger partial charge in [-0.25, -0.2) is 0 Å². The van der Waals surface area contributed by atoms with Gasteiger partial charge >= 0.3 is 0 Å². The van der Waals surface area contributed by atoms with Crippen LogP contribution < -0.4 is 4.90 Å². The Morgan fingerprint density at radius 3 is 1.58 bits per heavy atom. The maximum absolute atomic E-state index is 6.37. The molecule has 0 spiro atoms. The van der Waals surface area contributed by atoms with Crippen molar-refractivity contribution in [1.29, 1.82) is 0 Å². The molecule has 0 unspecified atom stereocenters. The van der Waals surface area contributed by atoms with Crippen LogP contribution in [0.3, 0.4) is 0 Å². The lowest BCUT2D eigenvalue weighted by atomic mass is 9.97. The highest BCUT2D eigenvalue weighted by Gasteiger charge is 2.17. The number of benzene rings is 8. The standard InChI is InChI=1S/C47H30N2O/c1-3-11-40-31(7-1)9-5-13-42(40)33-15-19-37(20-16-33)49(38-21-17-34(18-22-38)43-14-6-10-32-8-2-4-12-41(32)43)39-23-24-46-45(29-39)44-27-36-30-48-26-25-35(36)28-47(44)50-46/h1-30H. The van der Waals surface area contributed by atoms with Crippen molar-refractivity contribution in [2.45, 2.75) is 0 Å². The van der Waals surface area contributed by atoms with Crippen LogP contribution in [0.15, 0.2) is 187 Å². The van der Waals surface area contributed by atoms with Crippen molar-refractivity contribution in [2.24, 2.45) is 0 Å². The zero-order valence-corrected chi connectivity index (χ0v) is 27.1. The summed E-state index contributed by atoms with van der Waals surface area (Å²) in [4.78, 5) is 6.70. The fourth-order valence-corrected chi connectivity index (χ4v) is 7.47. The van der Waals surface area contributed by atoms with Gasteiger partial charge in [0.25, 0.3) is 0 Å². The van der Waals surface area contributed by atoms with Gasteiger partial charge in [0, 0.05) is 45.6 Å². The highest BCUT2D eigenvalue weighted by atomic mass is 16.3. The predicted molar refractivity (Wildman–Crippen MR) is 210 cm³/mol. The van der Waals surface area contributed by atoms with Crippen LogP contribution >= 0.6 is 0 Å². The third-order valence-corrected chi connectivity index (χ3v) is 9.92. The maximum Gasteiger partial charge on any atom is 0.136 e. The first kappa shape index (κ1) is 28.3. The molecule has 0 aliphatic heterocycles. The van der Waals surface area contributed by atoms with E-state index in [-0.39, 0.29) is 0 Å². The van der Waals surface area contributed by atoms with E-state index in [4.69, 9.17) is 4.42 Å². The van der Waals surface area contributed by atoms with Gasteiger partial charge in [-0.1, -0.05) is 109 Å². The molecule has 0 saturated heterocycles. The summed E-state index contributed by atoms with van der Waals surface area (Å²) in [5.74, 6) is 0. The van der Waals surface area contributed by atoms with E-state index in [1.54, 1.807) is 0 Å². The molecule has 3 heteroatoms. The third-order valence-electron chi connectivity index (χ3n) is 9.92. The summed E-state index contributed by atoms with van der Waals surface area (Å²) >= 11 is 0. The van der Waals surface area contributed by atoms with Gasteiger partial charge in [-0.05, 0) is 110 Å². The van der Waals surface area contributed by atoms with Gasteiger partial charge < -0.3 is 9.32 Å². The predicted octanol–water partition coefficient (Wildman–Crippen LogP) is 13.2. The number of fused-ring (bicyclic) bond motifs is 6. The van der Waals surface area contributed by atoms with Crippen molar-refractivity contribution in [1.82, 2.24) is 4.98 Å². The van der Waals surface area contributed by atoms with E-state index in [1.165, 1.54) is 43.8 Å². The minimum atomic E-state index is 0.865. The molecule has 0 aliphatic carbocycles. The van der Waals surface area contributed by atoms with Crippen molar-refractivity contribution >= 4 is 71.3 Å². The lowest BCUT2D eigenvalue weighted by molar-refractivity contribution is 0.669. The number of anilines is 3. The Bertz CT molecular complexity index is 2730. The number of pyridine rings is 1. The molecule has 0 radical (unpaired) electrons. The summed E-state index contributed by atoms with van der Waals surface area (Å²) < 4.78 is 6.37. The Morgan fingerprint density at radius 2 is 0.940 bits per heavy atom. The fraction of sp³-hybridized carbons (Fsp3) is 0. The van der Waals surface area contributed by atoms with Gasteiger partial charge in [0.15, 0.2) is 0 Å². The lowest BCUT2D eigenvalue weighted by Crippen LogP contribution is -2.09. The first-order valence-electron chi connectivity index (χ1n) is 16.9. The van der Waals surface area contributed by atoms with Gasteiger partial charge in [-0.15, -0.1) is 0 Å². The van der Waals surface area contributed by atoms with E-state index in [0.717, 1.165) is 49.8 Å². The zero-order valence-electron chi connectivity index (χ0n) is 27.1. The number of hydrogen-bond donors (Lipinski definition) is 0. The van der Waals surface area contributed by atoms with Crippen LogP contribution in [0.1, 0.15) is 0 Å². The molecule has 10 rings (SSSR count). The van der Waals surface area contributed by atoms with Gasteiger partial charge in [-0.2, -0.15) is 0 Å². The normalized spacial score (nSPS) is 11.6. The molecule has 0 saturated carbocycles. The van der Waals surface area contributed by atoms with Crippen LogP contribution in [0.5, 0.6) is 0 Å². The lowest BCUT2D eigenvalue weighted by Gasteiger charge is -2.26. The highest BCUT2D eigenvalue weighted by Crippen LogP contribution is 2.41. The summed E-state index contributed by atoms with van der Waals surface area (Å²) in [6.07, 6.45) is 3.74. The van der Waals surface area contributed by atoms with Gasteiger partial charge in [-0.3, -0.25) is 4.98 Å². The van der Waals surface area contributed by atoms with Crippen molar-refractivity contribution in [3.8, 4) is 22.3 Å². The molecule has 3 nitrogen and oxygen atoms in total. The summed E-state index contributed by atoms with van der Waals surface area (Å²) in [7, 11) is 0. The Balaban J connectivity index is 1.12. The Labute approximate surface area is 289 Å². The smallest absolute Gasteiger partial charge is 0.136 e. The Morgan fingerprint density at radius 1 is 0.380 bits per heavy atom. The summed E-state index contributed by atoms with van der Waals surface area (Å²) in [6, 6.07) is 60.9. The summed E-state index contributed by atoms with van der Waals surface area (Å²) in [5.41, 5.74) is 9.79. The molecule has 8 aromatic carbocycles. The zero-order chi connectivity index (χ0) is 33.0. The number of aromatic nitrogens is 1. The van der Waals surface area contributed by atoms with Crippen LogP contribution in [-0.4, -0.2) is 4.98 Å². The minimum Gasteiger partial charge on any atom is -0.456 e. The second-order valence-electron chi connectivity index (χ2n) is 12.8. The molecule has 2 aromatic heterocycles. The topological polar surface area (TPSA) is 29.3 Å². The fourth-order valence-electron chi connectivity index (χ4n) is 7.47. The second-order valence-corrected chi connectivity index (χ2v) is 12.8. The van der Waals surface area contributed by atoms with Crippen molar-refractivity contribution in [3.63, 3.8) is 0 Å². The monoisotopic (exact) mass is 638 g/mol. The Hall–Kier alpha value is -6.71. The number of furan rings is 1. The molecular weight excluding hydrogens is 609 g/mol. The molecule has 0 amide bonds. The molecular formula is C47H30N2O. The molecule has 0 fully saturated rings. The largest absolute Gasteiger partial charge is 0.456 e. The first-order valence-corrected chi connectivity index (χ1v) is 16.9. The summed E-state index contributed by atoms with van der Waals surface area (Å²) in [5, 5.41) is 9.36. The van der Waals surface area contributed by atoms with Gasteiger partial charge in [0.2, 0.25) is 0 Å². The summed E-state index contributed by atoms with van der Waals surface area (Å²) in [6.45, 7) is 0. The van der Waals surface area contributed by atoms with Crippen LogP contribution in [0.25, 0.3) is 76.5 Å². The number of rotatable bonds is 5. The van der Waals surface area contributed by atoms with Crippen molar-refractivity contribution in [3.05, 3.63) is 182 Å². The van der Waals surface area contributed by atoms with E-state index in [0.29, 0.717) is 0 Å². The van der Waals surface area contributed by atoms with Gasteiger partial charge in [0.05, 0.1) is 0 Å². The molecule has 2 heterocycles. The molecule has 10 aromatic rings. The van der Waals surface area contributed by atoms with E-state index in [2.05, 4.69) is 174 Å². The average molecular weight is 639 g/mol. The number of nitrogens with zero attached hydrogens (tertiary/aromatic N) is 2. The molecule has 0 aliphatic rings. The molecule has 0 atom stereocenters. The van der Waals surface area contributed by atoms with Crippen LogP contribution in [-0.2, 0) is 0 Å². The van der Waals surface area contributed by atoms with E-state index in [1.807, 2.05) is 18.5 Å². The SMILES string of the molecule is c1ccc2c(-c3ccc(N(c4ccc(-c5cccc6ccccc56)cc4)c4ccc5oc6cc7ccncc7cc6c5c4)cc3)cccc2c1. The molecule has 234 valence electrons. The first-order chi connectivity index (χ1) is 24.8. The van der Waals surface area contributed by atoms with E-state index in [9.17, 15) is 0 Å². The molecule has 0 bridgehead atoms. The minimum absolute atomic E-state index is 0.865. The number of hydrogen-bond acceptors (Lipinski definition) is 3. The molecule has 0 N–H and O–H groups in total. The van der Waals surface area contributed by atoms with Crippen LogP contribution in [0.4, 0.5) is 17.1 Å². The van der Waals surface area contributed by atoms with Crippen molar-refractivity contribution < 1.29 is 4.42 Å². The molecule has 50 heavy (non-hydrogen) atoms.